The Balaban J connectivity index is 2.56. The second-order valence-electron chi connectivity index (χ2n) is 3.55. The summed E-state index contributed by atoms with van der Waals surface area (Å²) in [6.45, 7) is 4.67. The van der Waals surface area contributed by atoms with Crippen molar-refractivity contribution in [3.63, 3.8) is 0 Å². The van der Waals surface area contributed by atoms with Crippen LogP contribution in [0.3, 0.4) is 0 Å². The lowest BCUT2D eigenvalue weighted by Crippen LogP contribution is -2.06. The molecule has 0 fully saturated rings. The molecule has 0 aliphatic carbocycles. The van der Waals surface area contributed by atoms with Crippen molar-refractivity contribution in [2.45, 2.75) is 33.1 Å². The van der Waals surface area contributed by atoms with Crippen LogP contribution in [0.15, 0.2) is 24.3 Å². The normalized spacial score (nSPS) is 9.88. The topological polar surface area (TPSA) is 35.5 Å². The molecule has 0 unspecified atom stereocenters. The zero-order valence-corrected chi connectivity index (χ0v) is 9.86. The van der Waals surface area contributed by atoms with E-state index < -0.39 is 0 Å². The third-order valence-corrected chi connectivity index (χ3v) is 1.96. The minimum Gasteiger partial charge on any atom is -0.493 e. The largest absolute Gasteiger partial charge is 0.493 e. The van der Waals surface area contributed by atoms with Crippen molar-refractivity contribution < 1.29 is 14.3 Å². The predicted octanol–water partition coefficient (Wildman–Crippen LogP) is 3.18. The highest BCUT2D eigenvalue weighted by molar-refractivity contribution is 5.72. The molecule has 3 nitrogen and oxygen atoms in total. The van der Waals surface area contributed by atoms with Crippen molar-refractivity contribution >= 4 is 5.97 Å². The van der Waals surface area contributed by atoms with Crippen LogP contribution < -0.4 is 9.47 Å². The molecule has 0 radical (unpaired) electrons. The van der Waals surface area contributed by atoms with Gasteiger partial charge in [0.15, 0.2) is 0 Å². The Morgan fingerprint density at radius 3 is 2.62 bits per heavy atom. The predicted molar refractivity (Wildman–Crippen MR) is 62.8 cm³/mol. The monoisotopic (exact) mass is 222 g/mol. The number of ether oxygens (including phenoxy) is 2. The highest BCUT2D eigenvalue weighted by atomic mass is 16.5. The van der Waals surface area contributed by atoms with Gasteiger partial charge in [-0.1, -0.05) is 19.9 Å². The lowest BCUT2D eigenvalue weighted by molar-refractivity contribution is -0.134. The fraction of sp³-hybridized carbons (Fsp3) is 0.462. The van der Waals surface area contributed by atoms with E-state index in [9.17, 15) is 4.79 Å². The summed E-state index contributed by atoms with van der Waals surface area (Å²) in [4.78, 5) is 11.3. The van der Waals surface area contributed by atoms with Crippen LogP contribution in [0.2, 0.25) is 0 Å². The zero-order chi connectivity index (χ0) is 11.8. The Bertz CT molecular complexity index is 334. The van der Waals surface area contributed by atoms with Crippen LogP contribution in [-0.4, -0.2) is 12.6 Å². The van der Waals surface area contributed by atoms with Crippen LogP contribution in [0, 0.1) is 0 Å². The van der Waals surface area contributed by atoms with Crippen molar-refractivity contribution in [2.75, 3.05) is 6.61 Å². The van der Waals surface area contributed by atoms with Gasteiger partial charge in [0.1, 0.15) is 11.5 Å². The van der Waals surface area contributed by atoms with E-state index in [4.69, 9.17) is 9.47 Å². The second kappa shape index (κ2) is 6.88. The van der Waals surface area contributed by atoms with Gasteiger partial charge in [0.05, 0.1) is 6.61 Å². The van der Waals surface area contributed by atoms with Crippen molar-refractivity contribution in [2.24, 2.45) is 0 Å². The van der Waals surface area contributed by atoms with Gasteiger partial charge in [-0.2, -0.15) is 0 Å². The first-order valence-electron chi connectivity index (χ1n) is 5.69. The van der Waals surface area contributed by atoms with Gasteiger partial charge in [-0.3, -0.25) is 4.79 Å². The SMILES string of the molecule is CCCOc1cccc(OC(=O)CCC)c1. The van der Waals surface area contributed by atoms with Crippen LogP contribution in [0.5, 0.6) is 11.5 Å². The molecule has 0 N–H and O–H groups in total. The molecule has 0 aliphatic rings. The van der Waals surface area contributed by atoms with Crippen molar-refractivity contribution in [3.8, 4) is 11.5 Å². The molecule has 0 aliphatic heterocycles. The molecule has 1 rings (SSSR count). The molecule has 0 saturated heterocycles. The van der Waals surface area contributed by atoms with E-state index in [1.807, 2.05) is 26.0 Å². The van der Waals surface area contributed by atoms with Gasteiger partial charge < -0.3 is 9.47 Å². The molecule has 0 saturated carbocycles. The second-order valence-corrected chi connectivity index (χ2v) is 3.55. The molecule has 0 heterocycles. The van der Waals surface area contributed by atoms with Gasteiger partial charge in [0.2, 0.25) is 0 Å². The van der Waals surface area contributed by atoms with Crippen molar-refractivity contribution in [3.05, 3.63) is 24.3 Å². The van der Waals surface area contributed by atoms with Gasteiger partial charge >= 0.3 is 5.97 Å². The van der Waals surface area contributed by atoms with E-state index in [1.165, 1.54) is 0 Å². The van der Waals surface area contributed by atoms with Gasteiger partial charge in [-0.15, -0.1) is 0 Å². The fourth-order valence-corrected chi connectivity index (χ4v) is 1.23. The molecule has 1 aromatic carbocycles. The first-order chi connectivity index (χ1) is 7.76. The standard InChI is InChI=1S/C13H18O3/c1-3-6-13(14)16-12-8-5-7-11(10-12)15-9-4-2/h5,7-8,10H,3-4,6,9H2,1-2H3. The summed E-state index contributed by atoms with van der Waals surface area (Å²) in [6.07, 6.45) is 2.20. The molecule has 3 heteroatoms. The molecular formula is C13H18O3. The molecule has 88 valence electrons. The van der Waals surface area contributed by atoms with Gasteiger partial charge in [-0.25, -0.2) is 0 Å². The highest BCUT2D eigenvalue weighted by Crippen LogP contribution is 2.20. The Morgan fingerprint density at radius 2 is 1.94 bits per heavy atom. The van der Waals surface area contributed by atoms with E-state index in [0.29, 0.717) is 18.8 Å². The Labute approximate surface area is 96.4 Å². The van der Waals surface area contributed by atoms with Crippen LogP contribution in [0.1, 0.15) is 33.1 Å². The summed E-state index contributed by atoms with van der Waals surface area (Å²) in [5.41, 5.74) is 0. The maximum Gasteiger partial charge on any atom is 0.311 e. The maximum absolute atomic E-state index is 11.3. The molecule has 16 heavy (non-hydrogen) atoms. The first kappa shape index (κ1) is 12.6. The van der Waals surface area contributed by atoms with Crippen molar-refractivity contribution in [1.82, 2.24) is 0 Å². The molecule has 0 bridgehead atoms. The average Bonchev–Trinajstić information content (AvgIpc) is 2.27. The summed E-state index contributed by atoms with van der Waals surface area (Å²) >= 11 is 0. The van der Waals surface area contributed by atoms with E-state index in [2.05, 4.69) is 0 Å². The summed E-state index contributed by atoms with van der Waals surface area (Å²) < 4.78 is 10.6. The van der Waals surface area contributed by atoms with Crippen LogP contribution >= 0.6 is 0 Å². The smallest absolute Gasteiger partial charge is 0.311 e. The lowest BCUT2D eigenvalue weighted by atomic mass is 10.3. The maximum atomic E-state index is 11.3. The Morgan fingerprint density at radius 1 is 1.19 bits per heavy atom. The number of hydrogen-bond acceptors (Lipinski definition) is 3. The molecule has 0 spiro atoms. The highest BCUT2D eigenvalue weighted by Gasteiger charge is 2.04. The summed E-state index contributed by atoms with van der Waals surface area (Å²) in [5.74, 6) is 1.09. The number of hydrogen-bond donors (Lipinski definition) is 0. The number of esters is 1. The average molecular weight is 222 g/mol. The number of benzene rings is 1. The Hall–Kier alpha value is -1.51. The first-order valence-corrected chi connectivity index (χ1v) is 5.69. The van der Waals surface area contributed by atoms with Crippen LogP contribution in [0.25, 0.3) is 0 Å². The zero-order valence-electron chi connectivity index (χ0n) is 9.86. The van der Waals surface area contributed by atoms with Gasteiger partial charge in [0.25, 0.3) is 0 Å². The summed E-state index contributed by atoms with van der Waals surface area (Å²) in [7, 11) is 0. The van der Waals surface area contributed by atoms with E-state index in [0.717, 1.165) is 18.6 Å². The van der Waals surface area contributed by atoms with Crippen molar-refractivity contribution in [1.29, 1.82) is 0 Å². The quantitative estimate of drug-likeness (QED) is 0.547. The lowest BCUT2D eigenvalue weighted by Gasteiger charge is -2.07. The molecular weight excluding hydrogens is 204 g/mol. The fourth-order valence-electron chi connectivity index (χ4n) is 1.23. The van der Waals surface area contributed by atoms with Gasteiger partial charge in [0, 0.05) is 12.5 Å². The van der Waals surface area contributed by atoms with Crippen LogP contribution in [0.4, 0.5) is 0 Å². The Kier molecular flexibility index (Phi) is 5.40. The van der Waals surface area contributed by atoms with E-state index >= 15 is 0 Å². The minimum absolute atomic E-state index is 0.199. The summed E-state index contributed by atoms with van der Waals surface area (Å²) in [6, 6.07) is 7.17. The minimum atomic E-state index is -0.199. The van der Waals surface area contributed by atoms with E-state index in [-0.39, 0.29) is 5.97 Å². The van der Waals surface area contributed by atoms with E-state index in [1.54, 1.807) is 12.1 Å². The summed E-state index contributed by atoms with van der Waals surface area (Å²) in [5, 5.41) is 0. The number of rotatable bonds is 6. The third kappa shape index (κ3) is 4.34. The van der Waals surface area contributed by atoms with Crippen LogP contribution in [-0.2, 0) is 4.79 Å². The molecule has 0 atom stereocenters. The molecule has 1 aromatic rings. The third-order valence-electron chi connectivity index (χ3n) is 1.96. The number of carbonyl (C=O) groups is 1. The number of carbonyl (C=O) groups excluding carboxylic acids is 1. The molecule has 0 aromatic heterocycles. The molecule has 0 amide bonds. The van der Waals surface area contributed by atoms with Gasteiger partial charge in [-0.05, 0) is 25.0 Å².